The molecule has 0 atom stereocenters. The van der Waals surface area contributed by atoms with Gasteiger partial charge in [-0.15, -0.1) is 0 Å². The van der Waals surface area contributed by atoms with Crippen molar-refractivity contribution in [1.82, 2.24) is 5.32 Å². The molecule has 0 saturated carbocycles. The average Bonchev–Trinajstić information content (AvgIpc) is 2.14. The largest absolute Gasteiger partial charge is 0.464 e. The first-order valence-electron chi connectivity index (χ1n) is 5.09. The zero-order chi connectivity index (χ0) is 11.8. The van der Waals surface area contributed by atoms with Gasteiger partial charge in [-0.2, -0.15) is 0 Å². The van der Waals surface area contributed by atoms with Gasteiger partial charge < -0.3 is 10.1 Å². The van der Waals surface area contributed by atoms with Crippen molar-refractivity contribution in [3.8, 4) is 0 Å². The summed E-state index contributed by atoms with van der Waals surface area (Å²) in [6.07, 6.45) is 2.72. The molecular weight excluding hydrogens is 194 g/mol. The Morgan fingerprint density at radius 1 is 1.40 bits per heavy atom. The molecule has 1 amide bonds. The first kappa shape index (κ1) is 13.7. The Kier molecular flexibility index (Phi) is 6.42. The standard InChI is InChI=1S/C11H19NO3/c1-5-6-9(11(14)15-4)12-10(13)7-8(2)3/h6,8H,5,7H2,1-4H3,(H,12,13)/b9-6-. The van der Waals surface area contributed by atoms with Crippen molar-refractivity contribution in [2.75, 3.05) is 7.11 Å². The van der Waals surface area contributed by atoms with Crippen molar-refractivity contribution in [3.05, 3.63) is 11.8 Å². The number of rotatable bonds is 5. The van der Waals surface area contributed by atoms with Crippen LogP contribution >= 0.6 is 0 Å². The molecule has 0 heterocycles. The summed E-state index contributed by atoms with van der Waals surface area (Å²) in [6, 6.07) is 0. The van der Waals surface area contributed by atoms with E-state index in [0.717, 1.165) is 0 Å². The van der Waals surface area contributed by atoms with Crippen molar-refractivity contribution in [2.24, 2.45) is 5.92 Å². The zero-order valence-corrected chi connectivity index (χ0v) is 9.79. The molecule has 0 rings (SSSR count). The van der Waals surface area contributed by atoms with Crippen LogP contribution in [0.4, 0.5) is 0 Å². The predicted octanol–water partition coefficient (Wildman–Crippen LogP) is 1.62. The fraction of sp³-hybridized carbons (Fsp3) is 0.636. The van der Waals surface area contributed by atoms with Crippen molar-refractivity contribution in [2.45, 2.75) is 33.6 Å². The van der Waals surface area contributed by atoms with Crippen LogP contribution in [0.25, 0.3) is 0 Å². The molecule has 4 nitrogen and oxygen atoms in total. The minimum absolute atomic E-state index is 0.157. The molecule has 86 valence electrons. The van der Waals surface area contributed by atoms with Crippen LogP contribution < -0.4 is 5.32 Å². The highest BCUT2D eigenvalue weighted by Crippen LogP contribution is 2.01. The number of amides is 1. The molecule has 0 aromatic rings. The van der Waals surface area contributed by atoms with Gasteiger partial charge >= 0.3 is 5.97 Å². The van der Waals surface area contributed by atoms with Gasteiger partial charge in [0.15, 0.2) is 0 Å². The van der Waals surface area contributed by atoms with Crippen LogP contribution in [0.3, 0.4) is 0 Å². The van der Waals surface area contributed by atoms with Gasteiger partial charge in [-0.25, -0.2) is 4.79 Å². The van der Waals surface area contributed by atoms with E-state index in [-0.39, 0.29) is 17.5 Å². The molecule has 0 saturated heterocycles. The highest BCUT2D eigenvalue weighted by molar-refractivity contribution is 5.93. The highest BCUT2D eigenvalue weighted by atomic mass is 16.5. The number of hydrogen-bond donors (Lipinski definition) is 1. The van der Waals surface area contributed by atoms with E-state index in [2.05, 4.69) is 10.1 Å². The van der Waals surface area contributed by atoms with Crippen LogP contribution in [-0.2, 0) is 14.3 Å². The SMILES string of the molecule is CC/C=C(\NC(=O)CC(C)C)C(=O)OC. The van der Waals surface area contributed by atoms with Crippen molar-refractivity contribution < 1.29 is 14.3 Å². The lowest BCUT2D eigenvalue weighted by Crippen LogP contribution is -2.28. The maximum Gasteiger partial charge on any atom is 0.354 e. The van der Waals surface area contributed by atoms with Crippen molar-refractivity contribution in [3.63, 3.8) is 0 Å². The van der Waals surface area contributed by atoms with Gasteiger partial charge in [-0.3, -0.25) is 4.79 Å². The maximum absolute atomic E-state index is 11.4. The lowest BCUT2D eigenvalue weighted by molar-refractivity contribution is -0.137. The normalized spacial score (nSPS) is 11.4. The smallest absolute Gasteiger partial charge is 0.354 e. The van der Waals surface area contributed by atoms with E-state index in [4.69, 9.17) is 0 Å². The Morgan fingerprint density at radius 2 is 2.00 bits per heavy atom. The van der Waals surface area contributed by atoms with Crippen LogP contribution in [0.1, 0.15) is 33.6 Å². The molecule has 0 radical (unpaired) electrons. The molecule has 0 unspecified atom stereocenters. The Labute approximate surface area is 90.7 Å². The van der Waals surface area contributed by atoms with Gasteiger partial charge in [0.05, 0.1) is 7.11 Å². The fourth-order valence-electron chi connectivity index (χ4n) is 1.07. The molecule has 0 aliphatic rings. The molecule has 4 heteroatoms. The van der Waals surface area contributed by atoms with E-state index in [1.165, 1.54) is 7.11 Å². The second-order valence-corrected chi connectivity index (χ2v) is 3.66. The molecule has 1 N–H and O–H groups in total. The zero-order valence-electron chi connectivity index (χ0n) is 9.79. The third-order valence-electron chi connectivity index (χ3n) is 1.68. The number of carbonyl (C=O) groups excluding carboxylic acids is 2. The summed E-state index contributed by atoms with van der Waals surface area (Å²) in [5, 5.41) is 2.55. The fourth-order valence-corrected chi connectivity index (χ4v) is 1.07. The summed E-state index contributed by atoms with van der Waals surface area (Å²) in [5.74, 6) is -0.394. The lowest BCUT2D eigenvalue weighted by Gasteiger charge is -2.09. The Balaban J connectivity index is 4.36. The predicted molar refractivity (Wildman–Crippen MR) is 58.0 cm³/mol. The molecular formula is C11H19NO3. The van der Waals surface area contributed by atoms with E-state index in [1.807, 2.05) is 20.8 Å². The molecule has 0 aliphatic heterocycles. The van der Waals surface area contributed by atoms with Gasteiger partial charge in [0.2, 0.25) is 5.91 Å². The summed E-state index contributed by atoms with van der Waals surface area (Å²) in [7, 11) is 1.29. The van der Waals surface area contributed by atoms with Crippen LogP contribution in [0.2, 0.25) is 0 Å². The molecule has 0 aromatic heterocycles. The van der Waals surface area contributed by atoms with E-state index in [1.54, 1.807) is 6.08 Å². The van der Waals surface area contributed by atoms with Gasteiger partial charge in [-0.1, -0.05) is 26.8 Å². The number of nitrogens with one attached hydrogen (secondary N) is 1. The molecule has 0 aromatic carbocycles. The summed E-state index contributed by atoms with van der Waals surface area (Å²) in [6.45, 7) is 5.78. The summed E-state index contributed by atoms with van der Waals surface area (Å²) < 4.78 is 4.55. The number of allylic oxidation sites excluding steroid dienone is 1. The molecule has 15 heavy (non-hydrogen) atoms. The van der Waals surface area contributed by atoms with Crippen LogP contribution in [0.15, 0.2) is 11.8 Å². The third-order valence-corrected chi connectivity index (χ3v) is 1.68. The van der Waals surface area contributed by atoms with Gasteiger partial charge in [0.1, 0.15) is 5.70 Å². The van der Waals surface area contributed by atoms with Crippen molar-refractivity contribution in [1.29, 1.82) is 0 Å². The van der Waals surface area contributed by atoms with E-state index >= 15 is 0 Å². The molecule has 0 aliphatic carbocycles. The monoisotopic (exact) mass is 213 g/mol. The minimum atomic E-state index is -0.506. The van der Waals surface area contributed by atoms with Crippen LogP contribution in [-0.4, -0.2) is 19.0 Å². The van der Waals surface area contributed by atoms with E-state index in [0.29, 0.717) is 12.8 Å². The second kappa shape index (κ2) is 7.04. The number of ether oxygens (including phenoxy) is 1. The number of carbonyl (C=O) groups is 2. The lowest BCUT2D eigenvalue weighted by atomic mass is 10.1. The van der Waals surface area contributed by atoms with E-state index in [9.17, 15) is 9.59 Å². The first-order valence-corrected chi connectivity index (χ1v) is 5.09. The molecule has 0 spiro atoms. The number of hydrogen-bond acceptors (Lipinski definition) is 3. The minimum Gasteiger partial charge on any atom is -0.464 e. The van der Waals surface area contributed by atoms with Crippen LogP contribution in [0.5, 0.6) is 0 Å². The first-order chi connectivity index (χ1) is 7.01. The topological polar surface area (TPSA) is 55.4 Å². The quantitative estimate of drug-likeness (QED) is 0.557. The number of methoxy groups -OCH3 is 1. The van der Waals surface area contributed by atoms with Gasteiger partial charge in [-0.05, 0) is 12.3 Å². The Morgan fingerprint density at radius 3 is 2.40 bits per heavy atom. The second-order valence-electron chi connectivity index (χ2n) is 3.66. The highest BCUT2D eigenvalue weighted by Gasteiger charge is 2.13. The third kappa shape index (κ3) is 5.88. The summed E-state index contributed by atoms with van der Waals surface area (Å²) >= 11 is 0. The number of esters is 1. The average molecular weight is 213 g/mol. The molecule has 0 bridgehead atoms. The van der Waals surface area contributed by atoms with Crippen LogP contribution in [0, 0.1) is 5.92 Å². The Bertz CT molecular complexity index is 257. The molecule has 0 fully saturated rings. The van der Waals surface area contributed by atoms with Crippen molar-refractivity contribution >= 4 is 11.9 Å². The van der Waals surface area contributed by atoms with E-state index < -0.39 is 5.97 Å². The summed E-state index contributed by atoms with van der Waals surface area (Å²) in [5.41, 5.74) is 0.227. The Hall–Kier alpha value is -1.32. The maximum atomic E-state index is 11.4. The van der Waals surface area contributed by atoms with Gasteiger partial charge in [0, 0.05) is 6.42 Å². The van der Waals surface area contributed by atoms with Gasteiger partial charge in [0.25, 0.3) is 0 Å². The summed E-state index contributed by atoms with van der Waals surface area (Å²) in [4.78, 5) is 22.6.